The first-order valence-corrected chi connectivity index (χ1v) is 8.43. The first-order valence-electron chi connectivity index (χ1n) is 7.28. The fourth-order valence-corrected chi connectivity index (χ4v) is 3.25. The number of H-pyrrole nitrogens is 1. The van der Waals surface area contributed by atoms with Gasteiger partial charge in [0.2, 0.25) is 0 Å². The van der Waals surface area contributed by atoms with Gasteiger partial charge in [0.25, 0.3) is 0 Å². The van der Waals surface area contributed by atoms with Crippen molar-refractivity contribution in [2.75, 3.05) is 17.6 Å². The van der Waals surface area contributed by atoms with Gasteiger partial charge in [-0.2, -0.15) is 11.8 Å². The van der Waals surface area contributed by atoms with Gasteiger partial charge in [0.1, 0.15) is 5.84 Å². The maximum Gasteiger partial charge on any atom is 0.101 e. The zero-order valence-corrected chi connectivity index (χ0v) is 13.0. The summed E-state index contributed by atoms with van der Waals surface area (Å²) < 4.78 is 0. The Hall–Kier alpha value is -1.75. The number of hydrogen-bond donors (Lipinski definition) is 2. The third-order valence-electron chi connectivity index (χ3n) is 3.64. The predicted molar refractivity (Wildman–Crippen MR) is 90.2 cm³/mol. The fourth-order valence-electron chi connectivity index (χ4n) is 2.40. The Kier molecular flexibility index (Phi) is 4.60. The molecule has 2 aromatic rings. The third kappa shape index (κ3) is 3.67. The molecule has 21 heavy (non-hydrogen) atoms. The lowest BCUT2D eigenvalue weighted by Crippen LogP contribution is -2.20. The molecule has 0 unspecified atom stereocenters. The van der Waals surface area contributed by atoms with Crippen LogP contribution in [0.3, 0.4) is 0 Å². The Balaban J connectivity index is 1.44. The average Bonchev–Trinajstić information content (AvgIpc) is 2.92. The largest absolute Gasteiger partial charge is 0.348 e. The number of para-hydroxylation sites is 1. The van der Waals surface area contributed by atoms with Crippen molar-refractivity contribution in [3.63, 3.8) is 0 Å². The van der Waals surface area contributed by atoms with E-state index in [1.165, 1.54) is 16.9 Å². The number of thioether (sulfide) groups is 1. The van der Waals surface area contributed by atoms with E-state index in [9.17, 15) is 0 Å². The molecule has 0 aliphatic carbocycles. The summed E-state index contributed by atoms with van der Waals surface area (Å²) >= 11 is 1.88. The number of benzene rings is 1. The lowest BCUT2D eigenvalue weighted by atomic mass is 10.0. The van der Waals surface area contributed by atoms with E-state index in [-0.39, 0.29) is 0 Å². The smallest absolute Gasteiger partial charge is 0.101 e. The minimum atomic E-state index is 0.860. The molecule has 0 amide bonds. The number of rotatable bonds is 5. The lowest BCUT2D eigenvalue weighted by Gasteiger charge is -2.19. The van der Waals surface area contributed by atoms with E-state index in [4.69, 9.17) is 0 Å². The molecule has 1 aliphatic rings. The standard InChI is InChI=1S/C16H20N4S/c1-12-15(19-11-18-12)10-21-9-8-17-16-7-6-13-4-2-3-5-14(13)20-16/h2-5,11H,6-10H2,1H3,(H,17,20)(H,18,19). The van der Waals surface area contributed by atoms with Crippen LogP contribution in [0.1, 0.15) is 23.4 Å². The first-order chi connectivity index (χ1) is 10.3. The molecule has 2 heterocycles. The van der Waals surface area contributed by atoms with Crippen molar-refractivity contribution in [3.8, 4) is 0 Å². The van der Waals surface area contributed by atoms with Gasteiger partial charge in [-0.15, -0.1) is 0 Å². The molecule has 0 atom stereocenters. The Morgan fingerprint density at radius 2 is 2.19 bits per heavy atom. The second-order valence-electron chi connectivity index (χ2n) is 5.14. The SMILES string of the molecule is Cc1[nH]cnc1CSCCN=C1CCc2ccccc2N1. The summed E-state index contributed by atoms with van der Waals surface area (Å²) in [6.45, 7) is 2.92. The molecular formula is C16H20N4S. The average molecular weight is 300 g/mol. The molecule has 0 saturated heterocycles. The maximum atomic E-state index is 4.68. The molecule has 1 aliphatic heterocycles. The summed E-state index contributed by atoms with van der Waals surface area (Å²) in [5.74, 6) is 3.10. The number of imidazole rings is 1. The highest BCUT2D eigenvalue weighted by molar-refractivity contribution is 7.98. The molecule has 1 aromatic carbocycles. The van der Waals surface area contributed by atoms with E-state index in [1.54, 1.807) is 6.33 Å². The van der Waals surface area contributed by atoms with Gasteiger partial charge in [-0.1, -0.05) is 18.2 Å². The van der Waals surface area contributed by atoms with Crippen LogP contribution < -0.4 is 5.32 Å². The van der Waals surface area contributed by atoms with Crippen molar-refractivity contribution >= 4 is 23.3 Å². The summed E-state index contributed by atoms with van der Waals surface area (Å²) in [6.07, 6.45) is 3.86. The lowest BCUT2D eigenvalue weighted by molar-refractivity contribution is 0.988. The zero-order chi connectivity index (χ0) is 14.5. The van der Waals surface area contributed by atoms with Gasteiger partial charge in [0.05, 0.1) is 12.0 Å². The van der Waals surface area contributed by atoms with Crippen LogP contribution in [0.15, 0.2) is 35.6 Å². The minimum absolute atomic E-state index is 0.860. The van der Waals surface area contributed by atoms with E-state index in [0.29, 0.717) is 0 Å². The minimum Gasteiger partial charge on any atom is -0.348 e. The predicted octanol–water partition coefficient (Wildman–Crippen LogP) is 3.41. The molecule has 0 radical (unpaired) electrons. The molecule has 3 rings (SSSR count). The Morgan fingerprint density at radius 1 is 1.29 bits per heavy atom. The summed E-state index contributed by atoms with van der Waals surface area (Å²) in [5, 5.41) is 3.43. The summed E-state index contributed by atoms with van der Waals surface area (Å²) in [4.78, 5) is 12.1. The second-order valence-corrected chi connectivity index (χ2v) is 6.24. The number of anilines is 1. The quantitative estimate of drug-likeness (QED) is 0.832. The van der Waals surface area contributed by atoms with Crippen molar-refractivity contribution in [3.05, 3.63) is 47.5 Å². The normalized spacial score (nSPS) is 15.8. The highest BCUT2D eigenvalue weighted by Crippen LogP contribution is 2.22. The van der Waals surface area contributed by atoms with Gasteiger partial charge >= 0.3 is 0 Å². The van der Waals surface area contributed by atoms with Crippen LogP contribution in [0.4, 0.5) is 5.69 Å². The number of aromatic nitrogens is 2. The number of nitrogens with one attached hydrogen (secondary N) is 2. The number of aromatic amines is 1. The zero-order valence-electron chi connectivity index (χ0n) is 12.2. The van der Waals surface area contributed by atoms with E-state index < -0.39 is 0 Å². The van der Waals surface area contributed by atoms with Crippen molar-refractivity contribution in [2.24, 2.45) is 4.99 Å². The fraction of sp³-hybridized carbons (Fsp3) is 0.375. The van der Waals surface area contributed by atoms with Crippen molar-refractivity contribution in [2.45, 2.75) is 25.5 Å². The Bertz CT molecular complexity index is 633. The molecule has 1 aromatic heterocycles. The topological polar surface area (TPSA) is 53.1 Å². The van der Waals surface area contributed by atoms with Gasteiger partial charge in [-0.05, 0) is 25.0 Å². The third-order valence-corrected chi connectivity index (χ3v) is 4.59. The van der Waals surface area contributed by atoms with Crippen LogP contribution in [0.25, 0.3) is 0 Å². The Labute approximate surface area is 129 Å². The van der Waals surface area contributed by atoms with Crippen LogP contribution >= 0.6 is 11.8 Å². The first kappa shape index (κ1) is 14.2. The van der Waals surface area contributed by atoms with Gasteiger partial charge in [-0.3, -0.25) is 4.99 Å². The highest BCUT2D eigenvalue weighted by atomic mass is 32.2. The summed E-state index contributed by atoms with van der Waals surface area (Å²) in [5.41, 5.74) is 4.92. The molecule has 2 N–H and O–H groups in total. The molecule has 0 fully saturated rings. The van der Waals surface area contributed by atoms with Gasteiger partial charge in [0.15, 0.2) is 0 Å². The monoisotopic (exact) mass is 300 g/mol. The number of nitrogens with zero attached hydrogens (tertiary/aromatic N) is 2. The van der Waals surface area contributed by atoms with Crippen molar-refractivity contribution in [1.82, 2.24) is 9.97 Å². The molecule has 0 bridgehead atoms. The molecule has 4 nitrogen and oxygen atoms in total. The summed E-state index contributed by atoms with van der Waals surface area (Å²) in [7, 11) is 0. The van der Waals surface area contributed by atoms with Crippen LogP contribution in [0, 0.1) is 6.92 Å². The van der Waals surface area contributed by atoms with Crippen molar-refractivity contribution in [1.29, 1.82) is 0 Å². The van der Waals surface area contributed by atoms with E-state index in [1.807, 2.05) is 11.8 Å². The number of fused-ring (bicyclic) bond motifs is 1. The summed E-state index contributed by atoms with van der Waals surface area (Å²) in [6, 6.07) is 8.47. The van der Waals surface area contributed by atoms with E-state index in [2.05, 4.69) is 51.5 Å². The number of aryl methyl sites for hydroxylation is 2. The number of aliphatic imine (C=N–C) groups is 1. The van der Waals surface area contributed by atoms with Gasteiger partial charge < -0.3 is 10.3 Å². The van der Waals surface area contributed by atoms with E-state index in [0.717, 1.165) is 42.4 Å². The molecule has 5 heteroatoms. The Morgan fingerprint density at radius 3 is 3.05 bits per heavy atom. The number of amidine groups is 1. The van der Waals surface area contributed by atoms with Crippen LogP contribution in [0.5, 0.6) is 0 Å². The molecule has 110 valence electrons. The molecule has 0 spiro atoms. The van der Waals surface area contributed by atoms with Gasteiger partial charge in [-0.25, -0.2) is 4.98 Å². The van der Waals surface area contributed by atoms with Crippen LogP contribution in [-0.4, -0.2) is 28.1 Å². The second kappa shape index (κ2) is 6.80. The molecule has 0 saturated carbocycles. The maximum absolute atomic E-state index is 4.68. The molecular weight excluding hydrogens is 280 g/mol. The van der Waals surface area contributed by atoms with Gasteiger partial charge in [0, 0.05) is 35.9 Å². The van der Waals surface area contributed by atoms with Crippen LogP contribution in [-0.2, 0) is 12.2 Å². The van der Waals surface area contributed by atoms with Crippen LogP contribution in [0.2, 0.25) is 0 Å². The van der Waals surface area contributed by atoms with Crippen molar-refractivity contribution < 1.29 is 0 Å². The highest BCUT2D eigenvalue weighted by Gasteiger charge is 2.11. The van der Waals surface area contributed by atoms with E-state index >= 15 is 0 Å². The number of hydrogen-bond acceptors (Lipinski definition) is 3.